The van der Waals surface area contributed by atoms with E-state index in [4.69, 9.17) is 10.5 Å². The lowest BCUT2D eigenvalue weighted by molar-refractivity contribution is 0.160. The topological polar surface area (TPSA) is 35.2 Å². The standard InChI is InChI=1S/C17H18BrNO/c1-10-4-3-5-13(11(10)2)17-9-15(19)14-7-6-12(18)8-16(14)20-17/h3-8,15,17H,9,19H2,1-2H3/t15-,17?/m1/s1. The van der Waals surface area contributed by atoms with E-state index in [0.29, 0.717) is 0 Å². The minimum absolute atomic E-state index is 0.0248. The molecular weight excluding hydrogens is 314 g/mol. The predicted molar refractivity (Wildman–Crippen MR) is 85.0 cm³/mol. The molecule has 2 nitrogen and oxygen atoms in total. The van der Waals surface area contributed by atoms with Gasteiger partial charge >= 0.3 is 0 Å². The highest BCUT2D eigenvalue weighted by atomic mass is 79.9. The molecule has 1 heterocycles. The molecule has 0 saturated carbocycles. The normalized spacial score (nSPS) is 21.2. The molecule has 0 radical (unpaired) electrons. The molecule has 0 spiro atoms. The molecule has 1 aliphatic heterocycles. The third kappa shape index (κ3) is 2.36. The second kappa shape index (κ2) is 5.23. The summed E-state index contributed by atoms with van der Waals surface area (Å²) in [6, 6.07) is 12.4. The number of nitrogens with two attached hydrogens (primary N) is 1. The first kappa shape index (κ1) is 13.7. The van der Waals surface area contributed by atoms with E-state index < -0.39 is 0 Å². The van der Waals surface area contributed by atoms with Crippen LogP contribution in [0.4, 0.5) is 0 Å². The Kier molecular flexibility index (Phi) is 3.57. The Morgan fingerprint density at radius 2 is 1.95 bits per heavy atom. The van der Waals surface area contributed by atoms with Gasteiger partial charge in [0.2, 0.25) is 0 Å². The molecule has 2 N–H and O–H groups in total. The molecule has 0 amide bonds. The highest BCUT2D eigenvalue weighted by Gasteiger charge is 2.28. The number of rotatable bonds is 1. The molecule has 3 rings (SSSR count). The van der Waals surface area contributed by atoms with Crippen LogP contribution in [0.25, 0.3) is 0 Å². The number of benzene rings is 2. The first-order chi connectivity index (χ1) is 9.56. The van der Waals surface area contributed by atoms with Crippen molar-refractivity contribution in [1.82, 2.24) is 0 Å². The van der Waals surface area contributed by atoms with Crippen LogP contribution >= 0.6 is 15.9 Å². The zero-order valence-corrected chi connectivity index (χ0v) is 13.3. The maximum absolute atomic E-state index is 6.32. The third-order valence-corrected chi connectivity index (χ3v) is 4.60. The Labute approximate surface area is 128 Å². The van der Waals surface area contributed by atoms with Crippen molar-refractivity contribution in [3.63, 3.8) is 0 Å². The largest absolute Gasteiger partial charge is 0.485 e. The Bertz CT molecular complexity index is 653. The van der Waals surface area contributed by atoms with Crippen LogP contribution in [0.3, 0.4) is 0 Å². The van der Waals surface area contributed by atoms with E-state index >= 15 is 0 Å². The highest BCUT2D eigenvalue weighted by molar-refractivity contribution is 9.10. The molecular formula is C17H18BrNO. The van der Waals surface area contributed by atoms with E-state index in [1.807, 2.05) is 18.2 Å². The van der Waals surface area contributed by atoms with Crippen molar-refractivity contribution in [1.29, 1.82) is 0 Å². The van der Waals surface area contributed by atoms with Crippen molar-refractivity contribution in [3.05, 3.63) is 63.1 Å². The number of fused-ring (bicyclic) bond motifs is 1. The van der Waals surface area contributed by atoms with E-state index in [1.54, 1.807) is 0 Å². The summed E-state index contributed by atoms with van der Waals surface area (Å²) in [5, 5.41) is 0. The first-order valence-corrected chi connectivity index (χ1v) is 7.63. The second-order valence-electron chi connectivity index (χ2n) is 5.42. The Hall–Kier alpha value is -1.32. The van der Waals surface area contributed by atoms with Gasteiger partial charge in [0, 0.05) is 22.5 Å². The number of ether oxygens (including phenoxy) is 1. The summed E-state index contributed by atoms with van der Waals surface area (Å²) in [5.74, 6) is 0.893. The van der Waals surface area contributed by atoms with Crippen LogP contribution in [0.5, 0.6) is 5.75 Å². The van der Waals surface area contributed by atoms with Gasteiger partial charge in [-0.05, 0) is 42.7 Å². The van der Waals surface area contributed by atoms with Gasteiger partial charge in [0.05, 0.1) is 0 Å². The molecule has 2 aromatic carbocycles. The number of hydrogen-bond donors (Lipinski definition) is 1. The highest BCUT2D eigenvalue weighted by Crippen LogP contribution is 2.41. The SMILES string of the molecule is Cc1cccc(C2C[C@@H](N)c3ccc(Br)cc3O2)c1C. The van der Waals surface area contributed by atoms with Crippen LogP contribution in [0.15, 0.2) is 40.9 Å². The first-order valence-electron chi connectivity index (χ1n) is 6.84. The smallest absolute Gasteiger partial charge is 0.126 e. The fourth-order valence-electron chi connectivity index (χ4n) is 2.79. The summed E-state index contributed by atoms with van der Waals surface area (Å²) >= 11 is 3.49. The van der Waals surface area contributed by atoms with E-state index in [0.717, 1.165) is 22.2 Å². The number of aryl methyl sites for hydroxylation is 1. The van der Waals surface area contributed by atoms with Crippen molar-refractivity contribution in [2.75, 3.05) is 0 Å². The lowest BCUT2D eigenvalue weighted by Crippen LogP contribution is -2.24. The Morgan fingerprint density at radius 1 is 1.15 bits per heavy atom. The van der Waals surface area contributed by atoms with Crippen molar-refractivity contribution in [3.8, 4) is 5.75 Å². The maximum atomic E-state index is 6.32. The molecule has 0 fully saturated rings. The van der Waals surface area contributed by atoms with Crippen LogP contribution in [-0.2, 0) is 0 Å². The van der Waals surface area contributed by atoms with Gasteiger partial charge in [-0.15, -0.1) is 0 Å². The van der Waals surface area contributed by atoms with Crippen molar-refractivity contribution >= 4 is 15.9 Å². The van der Waals surface area contributed by atoms with E-state index in [-0.39, 0.29) is 12.1 Å². The zero-order chi connectivity index (χ0) is 14.3. The summed E-state index contributed by atoms with van der Waals surface area (Å²) < 4.78 is 7.21. The van der Waals surface area contributed by atoms with Gasteiger partial charge in [-0.1, -0.05) is 40.2 Å². The molecule has 0 saturated heterocycles. The second-order valence-corrected chi connectivity index (χ2v) is 6.34. The Balaban J connectivity index is 2.00. The van der Waals surface area contributed by atoms with Crippen molar-refractivity contribution < 1.29 is 4.74 Å². The Morgan fingerprint density at radius 3 is 2.75 bits per heavy atom. The zero-order valence-electron chi connectivity index (χ0n) is 11.7. The minimum Gasteiger partial charge on any atom is -0.485 e. The van der Waals surface area contributed by atoms with Crippen molar-refractivity contribution in [2.45, 2.75) is 32.4 Å². The molecule has 2 aromatic rings. The molecule has 1 aliphatic rings. The van der Waals surface area contributed by atoms with Crippen LogP contribution in [0, 0.1) is 13.8 Å². The molecule has 0 bridgehead atoms. The van der Waals surface area contributed by atoms with Gasteiger partial charge < -0.3 is 10.5 Å². The van der Waals surface area contributed by atoms with Gasteiger partial charge in [-0.2, -0.15) is 0 Å². The van der Waals surface area contributed by atoms with Crippen LogP contribution in [0.2, 0.25) is 0 Å². The molecule has 3 heteroatoms. The summed E-state index contributed by atoms with van der Waals surface area (Å²) in [4.78, 5) is 0. The summed E-state index contributed by atoms with van der Waals surface area (Å²) in [7, 11) is 0. The molecule has 0 aromatic heterocycles. The molecule has 0 aliphatic carbocycles. The van der Waals surface area contributed by atoms with Gasteiger partial charge in [0.15, 0.2) is 0 Å². The van der Waals surface area contributed by atoms with E-state index in [2.05, 4.69) is 48.0 Å². The lowest BCUT2D eigenvalue weighted by Gasteiger charge is -2.31. The van der Waals surface area contributed by atoms with Crippen LogP contribution < -0.4 is 10.5 Å². The predicted octanol–water partition coefficient (Wildman–Crippen LogP) is 4.59. The number of hydrogen-bond acceptors (Lipinski definition) is 2. The van der Waals surface area contributed by atoms with Crippen LogP contribution in [-0.4, -0.2) is 0 Å². The maximum Gasteiger partial charge on any atom is 0.126 e. The van der Waals surface area contributed by atoms with Crippen LogP contribution in [0.1, 0.15) is 40.8 Å². The van der Waals surface area contributed by atoms with E-state index in [1.165, 1.54) is 16.7 Å². The fraction of sp³-hybridized carbons (Fsp3) is 0.294. The van der Waals surface area contributed by atoms with Gasteiger partial charge in [-0.3, -0.25) is 0 Å². The fourth-order valence-corrected chi connectivity index (χ4v) is 3.13. The quantitative estimate of drug-likeness (QED) is 0.829. The van der Waals surface area contributed by atoms with Gasteiger partial charge in [0.25, 0.3) is 0 Å². The summed E-state index contributed by atoms with van der Waals surface area (Å²) in [6.45, 7) is 4.28. The lowest BCUT2D eigenvalue weighted by atomic mass is 9.90. The average molecular weight is 332 g/mol. The average Bonchev–Trinajstić information content (AvgIpc) is 2.41. The van der Waals surface area contributed by atoms with Gasteiger partial charge in [0.1, 0.15) is 11.9 Å². The molecule has 20 heavy (non-hydrogen) atoms. The molecule has 2 atom stereocenters. The van der Waals surface area contributed by atoms with E-state index in [9.17, 15) is 0 Å². The van der Waals surface area contributed by atoms with Gasteiger partial charge in [-0.25, -0.2) is 0 Å². The minimum atomic E-state index is 0.0248. The number of halogens is 1. The summed E-state index contributed by atoms with van der Waals surface area (Å²) in [5.41, 5.74) is 11.2. The monoisotopic (exact) mass is 331 g/mol. The molecule has 104 valence electrons. The molecule has 1 unspecified atom stereocenters. The van der Waals surface area contributed by atoms with Crippen molar-refractivity contribution in [2.24, 2.45) is 5.73 Å². The third-order valence-electron chi connectivity index (χ3n) is 4.11. The summed E-state index contributed by atoms with van der Waals surface area (Å²) in [6.07, 6.45) is 0.852.